The van der Waals surface area contributed by atoms with E-state index in [9.17, 15) is 14.7 Å². The number of hydrogen-bond acceptors (Lipinski definition) is 4. The van der Waals surface area contributed by atoms with E-state index in [1.807, 2.05) is 48.5 Å². The minimum Gasteiger partial charge on any atom is -0.494 e. The lowest BCUT2D eigenvalue weighted by Crippen LogP contribution is -2.22. The highest BCUT2D eigenvalue weighted by Gasteiger charge is 2.24. The van der Waals surface area contributed by atoms with Crippen LogP contribution in [0.15, 0.2) is 66.7 Å². The van der Waals surface area contributed by atoms with Crippen molar-refractivity contribution < 1.29 is 24.2 Å². The number of aryl methyl sites for hydroxylation is 1. The molecule has 1 atom stereocenters. The maximum absolute atomic E-state index is 12.8. The Morgan fingerprint density at radius 1 is 0.698 bits per heavy atom. The van der Waals surface area contributed by atoms with Crippen LogP contribution in [0.4, 0.5) is 0 Å². The number of ether oxygens (including phenoxy) is 2. The Morgan fingerprint density at radius 3 is 1.86 bits per heavy atom. The zero-order valence-corrected chi connectivity index (χ0v) is 25.8. The summed E-state index contributed by atoms with van der Waals surface area (Å²) in [6, 6.07) is 21.0. The van der Waals surface area contributed by atoms with E-state index in [0.717, 1.165) is 41.0 Å². The molecule has 43 heavy (non-hydrogen) atoms. The number of carbonyl (C=O) groups excluding carboxylic acids is 1. The average Bonchev–Trinajstić information content (AvgIpc) is 3.03. The molecule has 0 fully saturated rings. The maximum Gasteiger partial charge on any atom is 0.343 e. The van der Waals surface area contributed by atoms with Crippen molar-refractivity contribution in [1.29, 1.82) is 0 Å². The van der Waals surface area contributed by atoms with Crippen LogP contribution in [0.3, 0.4) is 0 Å². The zero-order valence-electron chi connectivity index (χ0n) is 25.8. The number of carboxylic acid groups (broad SMARTS) is 1. The Bertz CT molecular complexity index is 1280. The topological polar surface area (TPSA) is 72.8 Å². The van der Waals surface area contributed by atoms with Crippen LogP contribution in [0.5, 0.6) is 11.5 Å². The van der Waals surface area contributed by atoms with Gasteiger partial charge in [0.05, 0.1) is 18.1 Å². The summed E-state index contributed by atoms with van der Waals surface area (Å²) >= 11 is 0. The number of carboxylic acids is 1. The molecule has 0 spiro atoms. The highest BCUT2D eigenvalue weighted by molar-refractivity contribution is 5.91. The van der Waals surface area contributed by atoms with Crippen LogP contribution in [0.25, 0.3) is 11.1 Å². The molecule has 0 heterocycles. The van der Waals surface area contributed by atoms with Crippen LogP contribution in [0.2, 0.25) is 0 Å². The summed E-state index contributed by atoms with van der Waals surface area (Å²) in [6.07, 6.45) is 17.8. The smallest absolute Gasteiger partial charge is 0.343 e. The molecule has 1 N–H and O–H groups in total. The molecular formula is C38H48O5. The lowest BCUT2D eigenvalue weighted by molar-refractivity contribution is -0.142. The first-order chi connectivity index (χ1) is 21.0. The summed E-state index contributed by atoms with van der Waals surface area (Å²) in [6.45, 7) is 3.02. The molecule has 3 aromatic carbocycles. The molecule has 0 saturated carbocycles. The second-order valence-corrected chi connectivity index (χ2v) is 11.9. The van der Waals surface area contributed by atoms with Gasteiger partial charge in [0.15, 0.2) is 0 Å². The molecule has 0 aromatic heterocycles. The van der Waals surface area contributed by atoms with Crippen LogP contribution < -0.4 is 9.47 Å². The third kappa shape index (κ3) is 10.6. The molecule has 5 heteroatoms. The molecule has 1 aliphatic carbocycles. The van der Waals surface area contributed by atoms with Crippen molar-refractivity contribution >= 4 is 11.9 Å². The molecule has 5 nitrogen and oxygen atoms in total. The first-order valence-corrected chi connectivity index (χ1v) is 16.4. The molecule has 1 unspecified atom stereocenters. The minimum atomic E-state index is -0.751. The molecule has 0 bridgehead atoms. The van der Waals surface area contributed by atoms with E-state index in [1.165, 1.54) is 70.6 Å². The number of esters is 1. The monoisotopic (exact) mass is 584 g/mol. The second-order valence-electron chi connectivity index (χ2n) is 11.9. The van der Waals surface area contributed by atoms with Gasteiger partial charge in [-0.1, -0.05) is 108 Å². The first kappa shape index (κ1) is 32.3. The van der Waals surface area contributed by atoms with Gasteiger partial charge in [0.2, 0.25) is 0 Å². The standard InChI is InChI=1S/C38H48O5/c1-2-3-4-5-6-7-8-9-10-11-12-13-26-42-35-23-20-30(21-24-35)29-14-16-31(17-15-29)38(41)43-36-25-22-32-27-34(37(39)40)19-18-33(32)28-36/h14-17,20-25,28,34H,2-13,18-19,26-27H2,1H3,(H,39,40). The molecule has 230 valence electrons. The third-order valence-corrected chi connectivity index (χ3v) is 8.54. The van der Waals surface area contributed by atoms with Gasteiger partial charge in [0, 0.05) is 0 Å². The molecule has 4 rings (SSSR count). The quantitative estimate of drug-likeness (QED) is 0.0915. The van der Waals surface area contributed by atoms with Crippen molar-refractivity contribution in [3.05, 3.63) is 83.4 Å². The van der Waals surface area contributed by atoms with Crippen LogP contribution in [-0.2, 0) is 17.6 Å². The van der Waals surface area contributed by atoms with E-state index < -0.39 is 11.9 Å². The lowest BCUT2D eigenvalue weighted by atomic mass is 9.84. The van der Waals surface area contributed by atoms with Gasteiger partial charge in [-0.05, 0) is 84.3 Å². The number of aliphatic carboxylic acids is 1. The number of rotatable bonds is 18. The molecule has 3 aromatic rings. The Labute approximate surface area is 257 Å². The largest absolute Gasteiger partial charge is 0.494 e. The number of hydrogen-bond donors (Lipinski definition) is 1. The Kier molecular flexibility index (Phi) is 13.2. The summed E-state index contributed by atoms with van der Waals surface area (Å²) in [4.78, 5) is 24.1. The van der Waals surface area contributed by atoms with Crippen LogP contribution in [0.1, 0.15) is 112 Å². The first-order valence-electron chi connectivity index (χ1n) is 16.4. The van der Waals surface area contributed by atoms with Gasteiger partial charge in [-0.25, -0.2) is 4.79 Å². The minimum absolute atomic E-state index is 0.341. The third-order valence-electron chi connectivity index (χ3n) is 8.54. The van der Waals surface area contributed by atoms with Crippen LogP contribution in [0, 0.1) is 5.92 Å². The van der Waals surface area contributed by atoms with Crippen LogP contribution >= 0.6 is 0 Å². The van der Waals surface area contributed by atoms with E-state index in [4.69, 9.17) is 9.47 Å². The normalized spacial score (nSPS) is 14.2. The lowest BCUT2D eigenvalue weighted by Gasteiger charge is -2.21. The molecule has 0 amide bonds. The average molecular weight is 585 g/mol. The SMILES string of the molecule is CCCCCCCCCCCCCCOc1ccc(-c2ccc(C(=O)Oc3ccc4c(c3)CCC(C(=O)O)C4)cc2)cc1. The highest BCUT2D eigenvalue weighted by Crippen LogP contribution is 2.29. The summed E-state index contributed by atoms with van der Waals surface area (Å²) in [7, 11) is 0. The summed E-state index contributed by atoms with van der Waals surface area (Å²) in [5, 5.41) is 9.29. The summed E-state index contributed by atoms with van der Waals surface area (Å²) in [5.74, 6) is -0.130. The number of benzene rings is 3. The van der Waals surface area contributed by atoms with Gasteiger partial charge in [-0.3, -0.25) is 4.79 Å². The Morgan fingerprint density at radius 2 is 1.26 bits per heavy atom. The fourth-order valence-electron chi connectivity index (χ4n) is 5.85. The van der Waals surface area contributed by atoms with Crippen molar-refractivity contribution in [3.8, 4) is 22.6 Å². The van der Waals surface area contributed by atoms with Gasteiger partial charge < -0.3 is 14.6 Å². The molecule has 0 aliphatic heterocycles. The predicted octanol–water partition coefficient (Wildman–Crippen LogP) is 9.84. The second kappa shape index (κ2) is 17.5. The number of unbranched alkanes of at least 4 members (excludes halogenated alkanes) is 11. The molecule has 0 saturated heterocycles. The molecular weight excluding hydrogens is 536 g/mol. The van der Waals surface area contributed by atoms with E-state index in [2.05, 4.69) is 6.92 Å². The van der Waals surface area contributed by atoms with Crippen molar-refractivity contribution in [3.63, 3.8) is 0 Å². The predicted molar refractivity (Wildman–Crippen MR) is 173 cm³/mol. The van der Waals surface area contributed by atoms with Crippen molar-refractivity contribution in [2.24, 2.45) is 5.92 Å². The van der Waals surface area contributed by atoms with Gasteiger partial charge in [-0.15, -0.1) is 0 Å². The number of fused-ring (bicyclic) bond motifs is 1. The van der Waals surface area contributed by atoms with E-state index >= 15 is 0 Å². The zero-order chi connectivity index (χ0) is 30.3. The van der Waals surface area contributed by atoms with Crippen LogP contribution in [-0.4, -0.2) is 23.7 Å². The van der Waals surface area contributed by atoms with Gasteiger partial charge in [0.25, 0.3) is 0 Å². The van der Waals surface area contributed by atoms with Crippen molar-refractivity contribution in [1.82, 2.24) is 0 Å². The maximum atomic E-state index is 12.8. The molecule has 1 aliphatic rings. The van der Waals surface area contributed by atoms with Gasteiger partial charge >= 0.3 is 11.9 Å². The van der Waals surface area contributed by atoms with Gasteiger partial charge in [0.1, 0.15) is 11.5 Å². The van der Waals surface area contributed by atoms with Crippen molar-refractivity contribution in [2.75, 3.05) is 6.61 Å². The summed E-state index contributed by atoms with van der Waals surface area (Å²) in [5.41, 5.74) is 4.64. The Hall–Kier alpha value is -3.60. The highest BCUT2D eigenvalue weighted by atomic mass is 16.5. The Balaban J connectivity index is 1.14. The summed E-state index contributed by atoms with van der Waals surface area (Å²) < 4.78 is 11.6. The number of carbonyl (C=O) groups is 2. The fourth-order valence-corrected chi connectivity index (χ4v) is 5.85. The van der Waals surface area contributed by atoms with Gasteiger partial charge in [-0.2, -0.15) is 0 Å². The fraction of sp³-hybridized carbons (Fsp3) is 0.474. The van der Waals surface area contributed by atoms with Crippen molar-refractivity contribution in [2.45, 2.75) is 103 Å². The molecule has 0 radical (unpaired) electrons. The van der Waals surface area contributed by atoms with E-state index in [0.29, 0.717) is 30.6 Å². The van der Waals surface area contributed by atoms with E-state index in [1.54, 1.807) is 18.2 Å². The van der Waals surface area contributed by atoms with E-state index in [-0.39, 0.29) is 5.92 Å².